The van der Waals surface area contributed by atoms with E-state index < -0.39 is 51.7 Å². The summed E-state index contributed by atoms with van der Waals surface area (Å²) in [4.78, 5) is -0.417. The van der Waals surface area contributed by atoms with Crippen LogP contribution in [0.4, 0.5) is 26.3 Å². The Balaban J connectivity index is 2.11. The summed E-state index contributed by atoms with van der Waals surface area (Å²) in [7, 11) is -4.73. The van der Waals surface area contributed by atoms with Crippen molar-refractivity contribution in [2.24, 2.45) is 0 Å². The first kappa shape index (κ1) is 21.6. The van der Waals surface area contributed by atoms with E-state index in [2.05, 4.69) is 0 Å². The highest BCUT2D eigenvalue weighted by Gasteiger charge is 2.56. The van der Waals surface area contributed by atoms with Gasteiger partial charge in [-0.1, -0.05) is 29.8 Å². The van der Waals surface area contributed by atoms with Gasteiger partial charge in [-0.05, 0) is 36.8 Å². The predicted octanol–water partition coefficient (Wildman–Crippen LogP) is 4.66. The lowest BCUT2D eigenvalue weighted by molar-refractivity contribution is -0.164. The van der Waals surface area contributed by atoms with Crippen LogP contribution in [0.25, 0.3) is 0 Å². The first-order chi connectivity index (χ1) is 13.3. The number of hydrogen-bond donors (Lipinski definition) is 0. The van der Waals surface area contributed by atoms with Crippen molar-refractivity contribution in [2.45, 2.75) is 36.4 Å². The lowest BCUT2D eigenvalue weighted by Gasteiger charge is -2.29. The average Bonchev–Trinajstić information content (AvgIpc) is 3.08. The van der Waals surface area contributed by atoms with Crippen LogP contribution in [0.15, 0.2) is 53.4 Å². The van der Waals surface area contributed by atoms with Gasteiger partial charge in [0, 0.05) is 0 Å². The molecule has 0 radical (unpaired) electrons. The first-order valence-corrected chi connectivity index (χ1v) is 9.71. The Morgan fingerprint density at radius 3 is 2.17 bits per heavy atom. The molecule has 2 aromatic rings. The summed E-state index contributed by atoms with van der Waals surface area (Å²) in [6.45, 7) is 0.634. The van der Waals surface area contributed by atoms with Gasteiger partial charge in [-0.3, -0.25) is 0 Å². The van der Waals surface area contributed by atoms with Crippen LogP contribution >= 0.6 is 0 Å². The lowest BCUT2D eigenvalue weighted by Crippen LogP contribution is -2.46. The summed E-state index contributed by atoms with van der Waals surface area (Å²) in [5.74, 6) is 0. The second-order valence-electron chi connectivity index (χ2n) is 6.51. The van der Waals surface area contributed by atoms with E-state index in [0.717, 1.165) is 30.3 Å². The summed E-state index contributed by atoms with van der Waals surface area (Å²) in [5.41, 5.74) is -0.785. The van der Waals surface area contributed by atoms with Gasteiger partial charge >= 0.3 is 12.4 Å². The predicted molar refractivity (Wildman–Crippen MR) is 90.2 cm³/mol. The zero-order valence-corrected chi connectivity index (χ0v) is 15.6. The Bertz CT molecular complexity index is 986. The van der Waals surface area contributed by atoms with E-state index in [1.807, 2.05) is 0 Å². The molecule has 0 amide bonds. The molecule has 0 bridgehead atoms. The summed E-state index contributed by atoms with van der Waals surface area (Å²) in [6.07, 6.45) is -11.6. The fourth-order valence-electron chi connectivity index (χ4n) is 2.97. The Hall–Kier alpha value is -2.11. The molecule has 4 nitrogen and oxygen atoms in total. The number of sulfonamides is 1. The third-order valence-electron chi connectivity index (χ3n) is 4.42. The number of nitrogens with zero attached hydrogens (tertiary/aromatic N) is 1. The molecule has 1 heterocycles. The zero-order valence-electron chi connectivity index (χ0n) is 14.8. The third kappa shape index (κ3) is 4.26. The molecule has 2 aromatic carbocycles. The van der Waals surface area contributed by atoms with Crippen molar-refractivity contribution < 1.29 is 39.5 Å². The van der Waals surface area contributed by atoms with Gasteiger partial charge in [-0.2, -0.15) is 30.6 Å². The van der Waals surface area contributed by atoms with E-state index in [0.29, 0.717) is 11.6 Å². The van der Waals surface area contributed by atoms with Gasteiger partial charge in [0.1, 0.15) is 6.04 Å². The van der Waals surface area contributed by atoms with Crippen molar-refractivity contribution in [3.8, 4) is 0 Å². The van der Waals surface area contributed by atoms with E-state index in [9.17, 15) is 34.8 Å². The molecular formula is C18H15F6NO3S. The largest absolute Gasteiger partial charge is 0.416 e. The van der Waals surface area contributed by atoms with Crippen LogP contribution in [0.2, 0.25) is 0 Å². The molecule has 1 saturated heterocycles. The van der Waals surface area contributed by atoms with Crippen LogP contribution in [0.1, 0.15) is 22.9 Å². The molecule has 29 heavy (non-hydrogen) atoms. The van der Waals surface area contributed by atoms with Crippen molar-refractivity contribution in [3.05, 3.63) is 65.2 Å². The highest BCUT2D eigenvalue weighted by atomic mass is 32.2. The minimum absolute atomic E-state index is 0.0904. The molecule has 1 fully saturated rings. The molecular weight excluding hydrogens is 424 g/mol. The molecule has 11 heteroatoms. The van der Waals surface area contributed by atoms with Crippen molar-refractivity contribution in [2.75, 3.05) is 6.61 Å². The Morgan fingerprint density at radius 2 is 1.62 bits per heavy atom. The number of aryl methyl sites for hydroxylation is 1. The van der Waals surface area contributed by atoms with E-state index in [1.54, 1.807) is 6.92 Å². The molecule has 0 saturated carbocycles. The van der Waals surface area contributed by atoms with Crippen molar-refractivity contribution >= 4 is 10.0 Å². The summed E-state index contributed by atoms with van der Waals surface area (Å²) in [5, 5.41) is 0. The highest BCUT2D eigenvalue weighted by Crippen LogP contribution is 2.43. The topological polar surface area (TPSA) is 46.6 Å². The van der Waals surface area contributed by atoms with Gasteiger partial charge in [-0.15, -0.1) is 0 Å². The maximum absolute atomic E-state index is 13.5. The first-order valence-electron chi connectivity index (χ1n) is 8.27. The second-order valence-corrected chi connectivity index (χ2v) is 8.36. The van der Waals surface area contributed by atoms with Crippen molar-refractivity contribution in [3.63, 3.8) is 0 Å². The van der Waals surface area contributed by atoms with Crippen molar-refractivity contribution in [1.82, 2.24) is 4.31 Å². The molecule has 0 aromatic heterocycles. The number of alkyl halides is 6. The van der Waals surface area contributed by atoms with Gasteiger partial charge in [-0.25, -0.2) is 8.42 Å². The van der Waals surface area contributed by atoms with E-state index in [4.69, 9.17) is 4.74 Å². The quantitative estimate of drug-likeness (QED) is 0.654. The standard InChI is InChI=1S/C18H15F6NO3S/c1-11-5-7-14(8-6-11)29(26,27)25-15(18(22,23)24)10-28-16(25)12-3-2-4-13(9-12)17(19,20)21/h2-9,15-16H,10H2,1H3/t15-,16+/m0/s1. The van der Waals surface area contributed by atoms with Crippen LogP contribution in [0.3, 0.4) is 0 Å². The lowest BCUT2D eigenvalue weighted by atomic mass is 10.1. The van der Waals surface area contributed by atoms with Crippen LogP contribution in [-0.2, 0) is 20.9 Å². The van der Waals surface area contributed by atoms with Gasteiger partial charge < -0.3 is 4.74 Å². The number of rotatable bonds is 3. The van der Waals surface area contributed by atoms with Gasteiger partial charge in [0.15, 0.2) is 6.23 Å². The Kier molecular flexibility index (Phi) is 5.43. The molecule has 0 spiro atoms. The molecule has 1 aliphatic heterocycles. The fourth-order valence-corrected chi connectivity index (χ4v) is 4.64. The normalized spacial score (nSPS) is 21.5. The summed E-state index contributed by atoms with van der Waals surface area (Å²) >= 11 is 0. The highest BCUT2D eigenvalue weighted by molar-refractivity contribution is 7.89. The second kappa shape index (κ2) is 7.29. The smallest absolute Gasteiger partial charge is 0.356 e. The molecule has 1 aliphatic rings. The molecule has 158 valence electrons. The van der Waals surface area contributed by atoms with Crippen LogP contribution in [0.5, 0.6) is 0 Å². The average molecular weight is 439 g/mol. The van der Waals surface area contributed by atoms with Crippen LogP contribution in [0, 0.1) is 6.92 Å². The Labute approximate surface area is 162 Å². The third-order valence-corrected chi connectivity index (χ3v) is 6.29. The maximum atomic E-state index is 13.5. The van der Waals surface area contributed by atoms with Gasteiger partial charge in [0.25, 0.3) is 0 Å². The van der Waals surface area contributed by atoms with Crippen LogP contribution in [-0.4, -0.2) is 31.5 Å². The minimum atomic E-state index is -4.98. The van der Waals surface area contributed by atoms with Crippen molar-refractivity contribution in [1.29, 1.82) is 0 Å². The van der Waals surface area contributed by atoms with E-state index in [-0.39, 0.29) is 9.87 Å². The number of halogens is 6. The van der Waals surface area contributed by atoms with E-state index >= 15 is 0 Å². The molecule has 3 rings (SSSR count). The van der Waals surface area contributed by atoms with Gasteiger partial charge in [0.2, 0.25) is 10.0 Å². The molecule has 2 atom stereocenters. The van der Waals surface area contributed by atoms with E-state index in [1.165, 1.54) is 12.1 Å². The summed E-state index contributed by atoms with van der Waals surface area (Å²) in [6, 6.07) is 5.96. The monoisotopic (exact) mass is 439 g/mol. The Morgan fingerprint density at radius 1 is 1.00 bits per heavy atom. The number of ether oxygens (including phenoxy) is 1. The molecule has 0 aliphatic carbocycles. The van der Waals surface area contributed by atoms with Gasteiger partial charge in [0.05, 0.1) is 17.1 Å². The molecule has 0 unspecified atom stereocenters. The number of hydrogen-bond acceptors (Lipinski definition) is 3. The summed E-state index contributed by atoms with van der Waals surface area (Å²) < 4.78 is 111. The number of benzene rings is 2. The maximum Gasteiger partial charge on any atom is 0.416 e. The van der Waals surface area contributed by atoms with Crippen LogP contribution < -0.4 is 0 Å². The molecule has 0 N–H and O–H groups in total. The fraction of sp³-hybridized carbons (Fsp3) is 0.333. The SMILES string of the molecule is Cc1ccc(S(=O)(=O)N2[C@@H](c3cccc(C(F)(F)F)c3)OC[C@H]2C(F)(F)F)cc1. The minimum Gasteiger partial charge on any atom is -0.356 e. The zero-order chi connectivity index (χ0) is 21.6.